The van der Waals surface area contributed by atoms with Gasteiger partial charge in [0.05, 0.1) is 0 Å². The maximum atomic E-state index is 2.48. The standard InChI is InChI=1S/C18H36/c1-6-8-9-11-15(3)16(4)12-10-13-17-14-18(17,5)7-2/h15-17H,6-14H2,1-5H3. The van der Waals surface area contributed by atoms with Gasteiger partial charge in [0.1, 0.15) is 0 Å². The average molecular weight is 252 g/mol. The van der Waals surface area contributed by atoms with Crippen molar-refractivity contribution < 1.29 is 0 Å². The Kier molecular flexibility index (Phi) is 6.74. The molecular formula is C18H36. The highest BCUT2D eigenvalue weighted by Gasteiger charge is 2.47. The Bertz CT molecular complexity index is 220. The maximum absolute atomic E-state index is 2.48. The van der Waals surface area contributed by atoms with E-state index in [0.29, 0.717) is 0 Å². The fourth-order valence-electron chi connectivity index (χ4n) is 3.36. The predicted octanol–water partition coefficient (Wildman–Crippen LogP) is 6.45. The molecule has 1 aliphatic carbocycles. The Hall–Kier alpha value is 0. The Morgan fingerprint density at radius 3 is 2.11 bits per heavy atom. The van der Waals surface area contributed by atoms with Crippen LogP contribution < -0.4 is 0 Å². The van der Waals surface area contributed by atoms with Crippen LogP contribution in [0.4, 0.5) is 0 Å². The Balaban J connectivity index is 2.04. The normalized spacial score (nSPS) is 30.2. The molecule has 1 rings (SSSR count). The molecule has 0 bridgehead atoms. The van der Waals surface area contributed by atoms with Crippen LogP contribution in [0, 0.1) is 23.2 Å². The molecule has 1 fully saturated rings. The van der Waals surface area contributed by atoms with Crippen LogP contribution in [0.25, 0.3) is 0 Å². The quantitative estimate of drug-likeness (QED) is 0.392. The Labute approximate surface area is 116 Å². The largest absolute Gasteiger partial charge is 0.0654 e. The number of hydrogen-bond acceptors (Lipinski definition) is 0. The molecule has 1 aliphatic rings. The summed E-state index contributed by atoms with van der Waals surface area (Å²) in [4.78, 5) is 0. The fourth-order valence-corrected chi connectivity index (χ4v) is 3.36. The summed E-state index contributed by atoms with van der Waals surface area (Å²) in [5.41, 5.74) is 0.732. The molecule has 0 radical (unpaired) electrons. The zero-order valence-electron chi connectivity index (χ0n) is 13.6. The van der Waals surface area contributed by atoms with Gasteiger partial charge in [-0.1, -0.05) is 79.6 Å². The van der Waals surface area contributed by atoms with E-state index in [1.165, 1.54) is 57.8 Å². The molecule has 0 saturated heterocycles. The van der Waals surface area contributed by atoms with Crippen LogP contribution in [-0.4, -0.2) is 0 Å². The van der Waals surface area contributed by atoms with Crippen molar-refractivity contribution in [3.63, 3.8) is 0 Å². The maximum Gasteiger partial charge on any atom is -0.0297 e. The van der Waals surface area contributed by atoms with Gasteiger partial charge < -0.3 is 0 Å². The van der Waals surface area contributed by atoms with E-state index in [0.717, 1.165) is 23.2 Å². The van der Waals surface area contributed by atoms with Crippen LogP contribution in [-0.2, 0) is 0 Å². The van der Waals surface area contributed by atoms with Crippen molar-refractivity contribution in [1.82, 2.24) is 0 Å². The van der Waals surface area contributed by atoms with E-state index in [1.807, 2.05) is 0 Å². The summed E-state index contributed by atoms with van der Waals surface area (Å²) < 4.78 is 0. The molecule has 0 aliphatic heterocycles. The first-order valence-electron chi connectivity index (χ1n) is 8.53. The zero-order valence-corrected chi connectivity index (χ0v) is 13.6. The van der Waals surface area contributed by atoms with Crippen molar-refractivity contribution in [2.24, 2.45) is 23.2 Å². The summed E-state index contributed by atoms with van der Waals surface area (Å²) in [5, 5.41) is 0. The van der Waals surface area contributed by atoms with Gasteiger partial charge in [-0.25, -0.2) is 0 Å². The van der Waals surface area contributed by atoms with Gasteiger partial charge in [-0.15, -0.1) is 0 Å². The van der Waals surface area contributed by atoms with Crippen LogP contribution in [0.2, 0.25) is 0 Å². The second-order valence-corrected chi connectivity index (χ2v) is 7.29. The van der Waals surface area contributed by atoms with Crippen LogP contribution >= 0.6 is 0 Å². The van der Waals surface area contributed by atoms with Crippen molar-refractivity contribution >= 4 is 0 Å². The fraction of sp³-hybridized carbons (Fsp3) is 1.00. The first kappa shape index (κ1) is 16.1. The number of rotatable bonds is 10. The van der Waals surface area contributed by atoms with Gasteiger partial charge in [-0.2, -0.15) is 0 Å². The van der Waals surface area contributed by atoms with E-state index in [9.17, 15) is 0 Å². The number of hydrogen-bond donors (Lipinski definition) is 0. The van der Waals surface area contributed by atoms with E-state index in [4.69, 9.17) is 0 Å². The SMILES string of the molecule is CCCCCC(C)C(C)CCCC1CC1(C)CC. The molecule has 1 saturated carbocycles. The highest BCUT2D eigenvalue weighted by Crippen LogP contribution is 2.57. The molecule has 0 aromatic heterocycles. The molecule has 0 nitrogen and oxygen atoms in total. The molecule has 4 unspecified atom stereocenters. The molecule has 0 N–H and O–H groups in total. The van der Waals surface area contributed by atoms with Gasteiger partial charge in [0.15, 0.2) is 0 Å². The topological polar surface area (TPSA) is 0 Å². The second kappa shape index (κ2) is 7.56. The molecule has 0 heteroatoms. The van der Waals surface area contributed by atoms with Gasteiger partial charge in [-0.05, 0) is 36.0 Å². The molecule has 0 aromatic rings. The lowest BCUT2D eigenvalue weighted by atomic mass is 9.86. The lowest BCUT2D eigenvalue weighted by Gasteiger charge is -2.20. The lowest BCUT2D eigenvalue weighted by molar-refractivity contribution is 0.318. The highest BCUT2D eigenvalue weighted by molar-refractivity contribution is 4.97. The molecule has 4 atom stereocenters. The van der Waals surface area contributed by atoms with Crippen molar-refractivity contribution in [2.45, 2.75) is 92.4 Å². The van der Waals surface area contributed by atoms with Crippen LogP contribution in [0.3, 0.4) is 0 Å². The van der Waals surface area contributed by atoms with E-state index in [-0.39, 0.29) is 0 Å². The molecule has 108 valence electrons. The number of unbranched alkanes of at least 4 members (excludes halogenated alkanes) is 2. The summed E-state index contributed by atoms with van der Waals surface area (Å²) in [6.07, 6.45) is 13.0. The van der Waals surface area contributed by atoms with Gasteiger partial charge >= 0.3 is 0 Å². The molecule has 0 aromatic carbocycles. The lowest BCUT2D eigenvalue weighted by Crippen LogP contribution is -2.08. The first-order chi connectivity index (χ1) is 8.53. The molecule has 0 amide bonds. The van der Waals surface area contributed by atoms with Crippen LogP contribution in [0.15, 0.2) is 0 Å². The van der Waals surface area contributed by atoms with Crippen molar-refractivity contribution in [1.29, 1.82) is 0 Å². The van der Waals surface area contributed by atoms with Crippen molar-refractivity contribution in [3.05, 3.63) is 0 Å². The third-order valence-electron chi connectivity index (χ3n) is 5.79. The van der Waals surface area contributed by atoms with E-state index < -0.39 is 0 Å². The van der Waals surface area contributed by atoms with Gasteiger partial charge in [0, 0.05) is 0 Å². The summed E-state index contributed by atoms with van der Waals surface area (Å²) >= 11 is 0. The minimum atomic E-state index is 0.732. The molecule has 0 heterocycles. The highest BCUT2D eigenvalue weighted by atomic mass is 14.5. The monoisotopic (exact) mass is 252 g/mol. The molecule has 18 heavy (non-hydrogen) atoms. The Morgan fingerprint density at radius 2 is 1.61 bits per heavy atom. The minimum absolute atomic E-state index is 0.732. The van der Waals surface area contributed by atoms with E-state index in [1.54, 1.807) is 0 Å². The van der Waals surface area contributed by atoms with Gasteiger partial charge in [0.25, 0.3) is 0 Å². The minimum Gasteiger partial charge on any atom is -0.0654 e. The van der Waals surface area contributed by atoms with Gasteiger partial charge in [-0.3, -0.25) is 0 Å². The van der Waals surface area contributed by atoms with Crippen LogP contribution in [0.1, 0.15) is 92.4 Å². The van der Waals surface area contributed by atoms with E-state index in [2.05, 4.69) is 34.6 Å². The summed E-state index contributed by atoms with van der Waals surface area (Å²) in [7, 11) is 0. The first-order valence-corrected chi connectivity index (χ1v) is 8.53. The second-order valence-electron chi connectivity index (χ2n) is 7.29. The molecule has 0 spiro atoms. The average Bonchev–Trinajstić information content (AvgIpc) is 3.01. The van der Waals surface area contributed by atoms with E-state index >= 15 is 0 Å². The smallest absolute Gasteiger partial charge is 0.0297 e. The van der Waals surface area contributed by atoms with Crippen molar-refractivity contribution in [3.8, 4) is 0 Å². The van der Waals surface area contributed by atoms with Crippen LogP contribution in [0.5, 0.6) is 0 Å². The summed E-state index contributed by atoms with van der Waals surface area (Å²) in [5.74, 6) is 2.94. The van der Waals surface area contributed by atoms with Gasteiger partial charge in [0.2, 0.25) is 0 Å². The molecular weight excluding hydrogens is 216 g/mol. The third kappa shape index (κ3) is 4.94. The summed E-state index contributed by atoms with van der Waals surface area (Å²) in [6, 6.07) is 0. The third-order valence-corrected chi connectivity index (χ3v) is 5.79. The predicted molar refractivity (Wildman–Crippen MR) is 82.8 cm³/mol. The Morgan fingerprint density at radius 1 is 1.00 bits per heavy atom. The van der Waals surface area contributed by atoms with Crippen molar-refractivity contribution in [2.75, 3.05) is 0 Å². The zero-order chi connectivity index (χ0) is 13.6. The summed E-state index contributed by atoms with van der Waals surface area (Å²) in [6.45, 7) is 12.1.